The number of hydrogen-bond donors (Lipinski definition) is 3. The second-order valence-electron chi connectivity index (χ2n) is 19.7. The summed E-state index contributed by atoms with van der Waals surface area (Å²) in [5.74, 6) is -6.14. The van der Waals surface area contributed by atoms with Gasteiger partial charge in [-0.15, -0.1) is 0 Å². The fourth-order valence-corrected chi connectivity index (χ4v) is 10.3. The largest absolute Gasteiger partial charge is 0.461 e. The van der Waals surface area contributed by atoms with E-state index in [4.69, 9.17) is 23.7 Å². The Kier molecular flexibility index (Phi) is 21.1. The van der Waals surface area contributed by atoms with Gasteiger partial charge in [-0.3, -0.25) is 14.4 Å². The zero-order chi connectivity index (χ0) is 47.3. The molecule has 13 nitrogen and oxygen atoms in total. The third-order valence-corrected chi connectivity index (χ3v) is 14.4. The Labute approximate surface area is 383 Å². The van der Waals surface area contributed by atoms with Gasteiger partial charge in [0.1, 0.15) is 24.4 Å². The van der Waals surface area contributed by atoms with Crippen molar-refractivity contribution in [3.05, 3.63) is 47.6 Å². The van der Waals surface area contributed by atoms with E-state index in [2.05, 4.69) is 6.92 Å². The van der Waals surface area contributed by atoms with Crippen molar-refractivity contribution >= 4 is 23.4 Å². The van der Waals surface area contributed by atoms with Crippen LogP contribution in [-0.2, 0) is 42.9 Å². The first kappa shape index (κ1) is 53.6. The molecule has 0 spiro atoms. The van der Waals surface area contributed by atoms with Gasteiger partial charge in [0, 0.05) is 46.1 Å². The van der Waals surface area contributed by atoms with Gasteiger partial charge >= 0.3 is 11.8 Å². The van der Waals surface area contributed by atoms with Gasteiger partial charge in [0.25, 0.3) is 5.91 Å². The number of ketones is 2. The third-order valence-electron chi connectivity index (χ3n) is 14.4. The summed E-state index contributed by atoms with van der Waals surface area (Å²) >= 11 is 0. The summed E-state index contributed by atoms with van der Waals surface area (Å²) in [7, 11) is 4.64. The van der Waals surface area contributed by atoms with Gasteiger partial charge in [0.05, 0.1) is 24.4 Å². The van der Waals surface area contributed by atoms with Gasteiger partial charge in [-0.1, -0.05) is 71.1 Å². The number of esters is 1. The molecule has 1 aliphatic carbocycles. The molecule has 2 saturated heterocycles. The minimum Gasteiger partial charge on any atom is -0.461 e. The second-order valence-corrected chi connectivity index (χ2v) is 19.7. The van der Waals surface area contributed by atoms with Crippen LogP contribution < -0.4 is 0 Å². The van der Waals surface area contributed by atoms with Crippen molar-refractivity contribution in [2.75, 3.05) is 27.9 Å². The zero-order valence-corrected chi connectivity index (χ0v) is 40.4. The van der Waals surface area contributed by atoms with E-state index < -0.39 is 72.0 Å². The van der Waals surface area contributed by atoms with Crippen molar-refractivity contribution in [1.29, 1.82) is 0 Å². The van der Waals surface area contributed by atoms with Crippen LogP contribution in [0.2, 0.25) is 0 Å². The van der Waals surface area contributed by atoms with E-state index in [-0.39, 0.29) is 54.4 Å². The number of allylic oxidation sites excluding steroid dienone is 6. The number of carbonyl (C=O) groups excluding carboxylic acids is 4. The van der Waals surface area contributed by atoms with Gasteiger partial charge in [-0.2, -0.15) is 0 Å². The Balaban J connectivity index is 1.71. The van der Waals surface area contributed by atoms with E-state index in [1.807, 2.05) is 64.2 Å². The fraction of sp³-hybridized carbons (Fsp3) is 0.765. The molecule has 0 aromatic carbocycles. The SMILES string of the molecule is CO[C@H]1C[C@@H]2CC[C@@H](C)C(=O)C(O)(O2)C(=O)N2CCCC[C@H]2C(=O)O[C@H]([C@H](C)C[C@@H]2CC[C@@H](O)[C@H](OC)C2)CC[C@H](C)/C=C(\C)[C@@H](O)[C@@H](OC)C(=O)[C@H](C)C[C@H](C)/C=C/C=C/C=C/1C. The Morgan fingerprint density at radius 3 is 2.22 bits per heavy atom. The summed E-state index contributed by atoms with van der Waals surface area (Å²) in [6, 6.07) is -1.04. The van der Waals surface area contributed by atoms with Crippen LogP contribution in [0.1, 0.15) is 132 Å². The van der Waals surface area contributed by atoms with Crippen LogP contribution in [0, 0.1) is 35.5 Å². The molecule has 1 amide bonds. The first-order chi connectivity index (χ1) is 30.3. The average molecular weight is 900 g/mol. The molecule has 0 radical (unpaired) electrons. The lowest BCUT2D eigenvalue weighted by Gasteiger charge is -2.40. The molecule has 4 aliphatic rings. The highest BCUT2D eigenvalue weighted by molar-refractivity contribution is 6.09. The van der Waals surface area contributed by atoms with Crippen LogP contribution >= 0.6 is 0 Å². The number of hydrogen-bond acceptors (Lipinski definition) is 12. The Morgan fingerprint density at radius 1 is 0.797 bits per heavy atom. The maximum absolute atomic E-state index is 14.6. The predicted octanol–water partition coefficient (Wildman–Crippen LogP) is 7.00. The highest BCUT2D eigenvalue weighted by Gasteiger charge is 2.55. The number of aliphatic hydroxyl groups is 3. The number of cyclic esters (lactones) is 1. The van der Waals surface area contributed by atoms with Crippen LogP contribution in [0.3, 0.4) is 0 Å². The molecule has 2 bridgehead atoms. The molecule has 3 aliphatic heterocycles. The lowest BCUT2D eigenvalue weighted by molar-refractivity contribution is -0.231. The summed E-state index contributed by atoms with van der Waals surface area (Å²) in [4.78, 5) is 58.0. The molecule has 64 heavy (non-hydrogen) atoms. The smallest absolute Gasteiger partial charge is 0.329 e. The quantitative estimate of drug-likeness (QED) is 0.142. The Morgan fingerprint density at radius 2 is 1.53 bits per heavy atom. The number of piperidine rings is 1. The average Bonchev–Trinajstić information content (AvgIpc) is 3.38. The fourth-order valence-electron chi connectivity index (χ4n) is 10.3. The van der Waals surface area contributed by atoms with Crippen LogP contribution in [0.5, 0.6) is 0 Å². The standard InChI is InChI=1S/C51H81NO12/c1-31-16-12-11-13-17-33(3)43(60-8)30-39-22-20-34(4)48(56)51(59,64-39)50(58)52-25-15-14-18-40(52)49(57)63-42(35(5)28-38-21-23-41(53)44(29-38)61-9)24-19-32(2)27-37(7)46(55)47(62-10)45(54)36(6)26-31/h11-13,16-17,27,31-32,34-36,38-44,46-47,53,55,59H,14-15,18-26,28-30H2,1-10H3/b13-11+,16-12+,33-17+,37-27+/t31-,32+,34-,35-,36-,38+,39+,40+,41-,42+,43+,44-,46-,47+,51?/m1/s1. The molecule has 0 aromatic rings. The highest BCUT2D eigenvalue weighted by atomic mass is 16.6. The number of rotatable bonds is 6. The number of fused-ring (bicyclic) bond motifs is 3. The molecule has 3 N–H and O–H groups in total. The molecule has 13 heteroatoms. The highest BCUT2D eigenvalue weighted by Crippen LogP contribution is 2.36. The van der Waals surface area contributed by atoms with Crippen LogP contribution in [-0.4, -0.2) is 126 Å². The number of aliphatic hydroxyl groups excluding tert-OH is 2. The number of amides is 1. The third kappa shape index (κ3) is 14.2. The van der Waals surface area contributed by atoms with Gasteiger partial charge in [0.2, 0.25) is 5.78 Å². The molecule has 362 valence electrons. The molecule has 0 aromatic heterocycles. The van der Waals surface area contributed by atoms with E-state index in [9.17, 15) is 34.5 Å². The molecule has 3 heterocycles. The minimum absolute atomic E-state index is 0.0632. The first-order valence-corrected chi connectivity index (χ1v) is 24.0. The van der Waals surface area contributed by atoms with Crippen LogP contribution in [0.25, 0.3) is 0 Å². The topological polar surface area (TPSA) is 178 Å². The van der Waals surface area contributed by atoms with Crippen molar-refractivity contribution in [3.8, 4) is 0 Å². The maximum atomic E-state index is 14.6. The molecular formula is C51H81NO12. The van der Waals surface area contributed by atoms with E-state index in [1.54, 1.807) is 28.1 Å². The Hall–Kier alpha value is -3.04. The first-order valence-electron chi connectivity index (χ1n) is 24.0. The van der Waals surface area contributed by atoms with E-state index in [0.717, 1.165) is 18.4 Å². The number of carbonyl (C=O) groups is 4. The van der Waals surface area contributed by atoms with Crippen LogP contribution in [0.4, 0.5) is 0 Å². The zero-order valence-electron chi connectivity index (χ0n) is 40.4. The van der Waals surface area contributed by atoms with Gasteiger partial charge < -0.3 is 43.9 Å². The van der Waals surface area contributed by atoms with E-state index >= 15 is 0 Å². The molecule has 1 unspecified atom stereocenters. The van der Waals surface area contributed by atoms with Gasteiger partial charge in [0.15, 0.2) is 5.78 Å². The number of nitrogens with zero attached hydrogens (tertiary/aromatic N) is 1. The lowest BCUT2D eigenvalue weighted by atomic mass is 9.78. The molecule has 4 rings (SSSR count). The molecule has 1 saturated carbocycles. The van der Waals surface area contributed by atoms with Crippen molar-refractivity contribution in [1.82, 2.24) is 4.90 Å². The summed E-state index contributed by atoms with van der Waals surface area (Å²) in [5, 5.41) is 34.1. The van der Waals surface area contributed by atoms with Crippen LogP contribution in [0.15, 0.2) is 47.6 Å². The summed E-state index contributed by atoms with van der Waals surface area (Å²) in [6.45, 7) is 13.5. The predicted molar refractivity (Wildman–Crippen MR) is 245 cm³/mol. The molecular weight excluding hydrogens is 819 g/mol. The lowest BCUT2D eigenvalue weighted by Crippen LogP contribution is -2.62. The van der Waals surface area contributed by atoms with E-state index in [1.165, 1.54) is 12.0 Å². The number of ether oxygens (including phenoxy) is 5. The second kappa shape index (κ2) is 25.2. The summed E-state index contributed by atoms with van der Waals surface area (Å²) in [6.07, 6.45) is 14.0. The van der Waals surface area contributed by atoms with Crippen molar-refractivity contribution in [2.45, 2.75) is 186 Å². The van der Waals surface area contributed by atoms with E-state index in [0.29, 0.717) is 69.8 Å². The van der Waals surface area contributed by atoms with Crippen molar-refractivity contribution < 1.29 is 58.2 Å². The monoisotopic (exact) mass is 900 g/mol. The van der Waals surface area contributed by atoms with Gasteiger partial charge in [-0.25, -0.2) is 4.79 Å². The van der Waals surface area contributed by atoms with Gasteiger partial charge in [-0.05, 0) is 126 Å². The van der Waals surface area contributed by atoms with Crippen molar-refractivity contribution in [2.24, 2.45) is 35.5 Å². The normalized spacial score (nSPS) is 40.8. The number of Topliss-reactive ketones (excluding diaryl/α,β-unsaturated/α-hetero) is 2. The summed E-state index contributed by atoms with van der Waals surface area (Å²) < 4.78 is 29.8. The molecule has 3 fully saturated rings. The number of methoxy groups -OCH3 is 3. The maximum Gasteiger partial charge on any atom is 0.329 e. The summed E-state index contributed by atoms with van der Waals surface area (Å²) in [5.41, 5.74) is 1.49. The van der Waals surface area contributed by atoms with Crippen molar-refractivity contribution in [3.63, 3.8) is 0 Å². The molecule has 15 atom stereocenters. The Bertz CT molecular complexity index is 1670. The minimum atomic E-state index is -2.79.